The summed E-state index contributed by atoms with van der Waals surface area (Å²) in [6.45, 7) is 17.2. The van der Waals surface area contributed by atoms with Crippen LogP contribution in [-0.4, -0.2) is 67.1 Å². The molecular weight excluding hydrogens is 588 g/mol. The van der Waals surface area contributed by atoms with Crippen LogP contribution in [0.25, 0.3) is 0 Å². The van der Waals surface area contributed by atoms with Crippen molar-refractivity contribution in [3.63, 3.8) is 0 Å². The molecule has 2 saturated heterocycles. The molecule has 244 valence electrons. The second-order valence-corrected chi connectivity index (χ2v) is 19.7. The molecule has 2 fully saturated rings. The van der Waals surface area contributed by atoms with E-state index in [1.54, 1.807) is 31.7 Å². The molecule has 1 amide bonds. The lowest BCUT2D eigenvalue weighted by molar-refractivity contribution is -0.287. The van der Waals surface area contributed by atoms with Crippen molar-refractivity contribution >= 4 is 26.3 Å². The molecule has 3 atom stereocenters. The van der Waals surface area contributed by atoms with Crippen molar-refractivity contribution in [3.05, 3.63) is 84.4 Å². The van der Waals surface area contributed by atoms with Gasteiger partial charge in [-0.2, -0.15) is 0 Å². The molecule has 2 aliphatic heterocycles. The standard InChI is InChI=1S/C35H48N2O7Si/c1-8-21-35(28-19-22-36(23-20-28)32(39)41-24-25-45(5,6)7)31(38)42-30(27-17-13-10-14-18-27)29(26-15-11-9-12-16-26)37(35)44-33(40)43-34(2,3)4/h8-18,28-30H,1,19-25H2,2-7H3/t29-,30+,35+/m1/s1. The summed E-state index contributed by atoms with van der Waals surface area (Å²) in [6, 6.07) is 19.2. The number of hydrogen-bond acceptors (Lipinski definition) is 8. The van der Waals surface area contributed by atoms with Crippen LogP contribution in [-0.2, 0) is 23.8 Å². The maximum atomic E-state index is 14.4. The fourth-order valence-electron chi connectivity index (χ4n) is 6.07. The number of piperidine rings is 1. The van der Waals surface area contributed by atoms with Gasteiger partial charge in [0.25, 0.3) is 0 Å². The second-order valence-electron chi connectivity index (χ2n) is 14.1. The van der Waals surface area contributed by atoms with E-state index in [4.69, 9.17) is 19.0 Å². The van der Waals surface area contributed by atoms with Gasteiger partial charge in [0.05, 0.1) is 6.61 Å². The number of likely N-dealkylation sites (tertiary alicyclic amines) is 1. The van der Waals surface area contributed by atoms with E-state index in [1.807, 2.05) is 60.7 Å². The van der Waals surface area contributed by atoms with E-state index in [0.29, 0.717) is 32.5 Å². The maximum Gasteiger partial charge on any atom is 0.528 e. The smallest absolute Gasteiger partial charge is 0.454 e. The predicted molar refractivity (Wildman–Crippen MR) is 175 cm³/mol. The molecule has 0 aromatic heterocycles. The molecular formula is C35H48N2O7Si. The largest absolute Gasteiger partial charge is 0.528 e. The fourth-order valence-corrected chi connectivity index (χ4v) is 6.78. The first-order valence-corrected chi connectivity index (χ1v) is 19.5. The Labute approximate surface area is 268 Å². The minimum absolute atomic E-state index is 0.158. The van der Waals surface area contributed by atoms with Crippen molar-refractivity contribution in [2.75, 3.05) is 19.7 Å². The van der Waals surface area contributed by atoms with Gasteiger partial charge in [-0.1, -0.05) is 86.4 Å². The summed E-state index contributed by atoms with van der Waals surface area (Å²) >= 11 is 0. The van der Waals surface area contributed by atoms with Gasteiger partial charge in [0.15, 0.2) is 5.54 Å². The zero-order chi connectivity index (χ0) is 32.8. The first-order valence-electron chi connectivity index (χ1n) is 15.8. The molecule has 9 nitrogen and oxygen atoms in total. The van der Waals surface area contributed by atoms with Crippen LogP contribution in [0, 0.1) is 5.92 Å². The third-order valence-corrected chi connectivity index (χ3v) is 10.0. The summed E-state index contributed by atoms with van der Waals surface area (Å²) in [5.74, 6) is -0.845. The van der Waals surface area contributed by atoms with Crippen LogP contribution in [0.1, 0.15) is 63.3 Å². The lowest BCUT2D eigenvalue weighted by Crippen LogP contribution is -2.66. The van der Waals surface area contributed by atoms with E-state index < -0.39 is 43.5 Å². The molecule has 0 spiro atoms. The van der Waals surface area contributed by atoms with Gasteiger partial charge in [0, 0.05) is 21.2 Å². The SMILES string of the molecule is C=CC[C@]1(C2CCN(C(=O)OCC[Si](C)(C)C)CC2)C(=O)O[C@@H](c2ccccc2)[C@@H](c2ccccc2)N1OC(=O)OC(C)(C)C. The Kier molecular flexibility index (Phi) is 10.8. The van der Waals surface area contributed by atoms with Gasteiger partial charge in [-0.3, -0.25) is 0 Å². The zero-order valence-electron chi connectivity index (χ0n) is 27.5. The molecule has 0 bridgehead atoms. The fraction of sp³-hybridized carbons (Fsp3) is 0.514. The van der Waals surface area contributed by atoms with Crippen LogP contribution < -0.4 is 0 Å². The molecule has 0 aliphatic carbocycles. The van der Waals surface area contributed by atoms with Crippen LogP contribution in [0.2, 0.25) is 25.7 Å². The highest BCUT2D eigenvalue weighted by Crippen LogP contribution is 2.51. The Morgan fingerprint density at radius 1 is 1.00 bits per heavy atom. The first kappa shape index (κ1) is 34.2. The quantitative estimate of drug-likeness (QED) is 0.120. The Hall–Kier alpha value is -3.63. The number of rotatable bonds is 9. The van der Waals surface area contributed by atoms with Crippen molar-refractivity contribution in [1.82, 2.24) is 9.96 Å². The number of ether oxygens (including phenoxy) is 3. The molecule has 0 saturated carbocycles. The number of morpholine rings is 1. The molecule has 2 aliphatic rings. The average Bonchev–Trinajstić information content (AvgIpc) is 2.98. The zero-order valence-corrected chi connectivity index (χ0v) is 28.5. The third-order valence-electron chi connectivity index (χ3n) is 8.31. The lowest BCUT2D eigenvalue weighted by atomic mass is 9.72. The number of carbonyl (C=O) groups is 3. The van der Waals surface area contributed by atoms with Gasteiger partial charge < -0.3 is 23.9 Å². The summed E-state index contributed by atoms with van der Waals surface area (Å²) in [5, 5.41) is 1.52. The highest BCUT2D eigenvalue weighted by molar-refractivity contribution is 6.76. The van der Waals surface area contributed by atoms with Crippen LogP contribution in [0.15, 0.2) is 73.3 Å². The van der Waals surface area contributed by atoms with E-state index in [-0.39, 0.29) is 18.4 Å². The number of nitrogens with zero attached hydrogens (tertiary/aromatic N) is 2. The third kappa shape index (κ3) is 8.35. The molecule has 2 heterocycles. The Morgan fingerprint density at radius 2 is 1.58 bits per heavy atom. The lowest BCUT2D eigenvalue weighted by Gasteiger charge is -2.54. The van der Waals surface area contributed by atoms with Gasteiger partial charge in [-0.15, -0.1) is 11.6 Å². The van der Waals surface area contributed by atoms with Crippen molar-refractivity contribution in [3.8, 4) is 0 Å². The number of carbonyl (C=O) groups excluding carboxylic acids is 3. The second kappa shape index (κ2) is 14.2. The van der Waals surface area contributed by atoms with Crippen LogP contribution >= 0.6 is 0 Å². The predicted octanol–water partition coefficient (Wildman–Crippen LogP) is 7.70. The molecule has 2 aromatic rings. The van der Waals surface area contributed by atoms with Crippen LogP contribution in [0.5, 0.6) is 0 Å². The Balaban J connectivity index is 1.73. The Bertz CT molecular complexity index is 1320. The highest BCUT2D eigenvalue weighted by Gasteiger charge is 2.62. The number of benzene rings is 2. The molecule has 2 aromatic carbocycles. The summed E-state index contributed by atoms with van der Waals surface area (Å²) in [6.07, 6.45) is 0.725. The molecule has 0 unspecified atom stereocenters. The highest BCUT2D eigenvalue weighted by atomic mass is 28.3. The van der Waals surface area contributed by atoms with Gasteiger partial charge >= 0.3 is 18.2 Å². The maximum absolute atomic E-state index is 14.4. The minimum Gasteiger partial charge on any atom is -0.454 e. The normalized spacial score (nSPS) is 23.2. The van der Waals surface area contributed by atoms with Crippen LogP contribution in [0.3, 0.4) is 0 Å². The Morgan fingerprint density at radius 3 is 2.11 bits per heavy atom. The first-order chi connectivity index (χ1) is 21.2. The molecule has 4 rings (SSSR count). The van der Waals surface area contributed by atoms with Gasteiger partial charge in [-0.25, -0.2) is 14.4 Å². The number of hydrogen-bond donors (Lipinski definition) is 0. The van der Waals surface area contributed by atoms with Crippen molar-refractivity contribution in [1.29, 1.82) is 0 Å². The molecule has 10 heteroatoms. The number of cyclic esters (lactones) is 1. The van der Waals surface area contributed by atoms with Gasteiger partial charge in [0.2, 0.25) is 0 Å². The van der Waals surface area contributed by atoms with Gasteiger partial charge in [-0.05, 0) is 63.1 Å². The number of hydroxylamine groups is 2. The summed E-state index contributed by atoms with van der Waals surface area (Å²) in [4.78, 5) is 48.6. The summed E-state index contributed by atoms with van der Waals surface area (Å²) in [5.41, 5.74) is -0.672. The van der Waals surface area contributed by atoms with E-state index in [9.17, 15) is 14.4 Å². The van der Waals surface area contributed by atoms with E-state index >= 15 is 0 Å². The molecule has 0 N–H and O–H groups in total. The average molecular weight is 637 g/mol. The summed E-state index contributed by atoms with van der Waals surface area (Å²) in [7, 11) is -1.35. The monoisotopic (exact) mass is 636 g/mol. The van der Waals surface area contributed by atoms with Crippen LogP contribution in [0.4, 0.5) is 9.59 Å². The topological polar surface area (TPSA) is 94.6 Å². The molecule has 45 heavy (non-hydrogen) atoms. The number of esters is 1. The minimum atomic E-state index is -1.42. The molecule has 0 radical (unpaired) electrons. The van der Waals surface area contributed by atoms with Crippen molar-refractivity contribution in [2.45, 2.75) is 89.0 Å². The van der Waals surface area contributed by atoms with Crippen molar-refractivity contribution in [2.24, 2.45) is 5.92 Å². The van der Waals surface area contributed by atoms with Crippen molar-refractivity contribution < 1.29 is 33.4 Å². The van der Waals surface area contributed by atoms with E-state index in [1.165, 1.54) is 5.06 Å². The van der Waals surface area contributed by atoms with E-state index in [0.717, 1.165) is 17.2 Å². The van der Waals surface area contributed by atoms with E-state index in [2.05, 4.69) is 26.2 Å². The number of amides is 1. The summed E-state index contributed by atoms with van der Waals surface area (Å²) < 4.78 is 17.6. The van der Waals surface area contributed by atoms with Gasteiger partial charge in [0.1, 0.15) is 17.7 Å².